The van der Waals surface area contributed by atoms with E-state index in [0.29, 0.717) is 18.4 Å². The summed E-state index contributed by atoms with van der Waals surface area (Å²) in [6.45, 7) is 0.640. The van der Waals surface area contributed by atoms with Crippen molar-refractivity contribution in [2.75, 3.05) is 19.0 Å². The standard InChI is InChI=1S/C11H13N3OS/c1-12-11-13-6-4-10(14-11)15-7-5-9-3-2-8-16-9/h2-4,6,8H,5,7H2,1H3,(H,12,13,14). The Morgan fingerprint density at radius 2 is 2.38 bits per heavy atom. The van der Waals surface area contributed by atoms with Crippen molar-refractivity contribution in [1.82, 2.24) is 9.97 Å². The van der Waals surface area contributed by atoms with Crippen LogP contribution >= 0.6 is 11.3 Å². The molecule has 0 atom stereocenters. The SMILES string of the molecule is CNc1nccc(OCCc2cccs2)n1. The zero-order chi connectivity index (χ0) is 11.2. The Hall–Kier alpha value is -1.62. The van der Waals surface area contributed by atoms with Crippen molar-refractivity contribution < 1.29 is 4.74 Å². The molecule has 0 saturated carbocycles. The summed E-state index contributed by atoms with van der Waals surface area (Å²) in [6, 6.07) is 5.91. The van der Waals surface area contributed by atoms with Crippen LogP contribution in [0.1, 0.15) is 4.88 Å². The summed E-state index contributed by atoms with van der Waals surface area (Å²) in [5, 5.41) is 4.94. The molecule has 2 aromatic rings. The van der Waals surface area contributed by atoms with E-state index >= 15 is 0 Å². The lowest BCUT2D eigenvalue weighted by Crippen LogP contribution is -2.03. The Morgan fingerprint density at radius 3 is 3.12 bits per heavy atom. The molecule has 0 aliphatic rings. The quantitative estimate of drug-likeness (QED) is 0.863. The van der Waals surface area contributed by atoms with Crippen molar-refractivity contribution in [2.24, 2.45) is 0 Å². The average molecular weight is 235 g/mol. The first-order valence-corrected chi connectivity index (χ1v) is 5.92. The molecule has 84 valence electrons. The summed E-state index contributed by atoms with van der Waals surface area (Å²) in [4.78, 5) is 9.51. The van der Waals surface area contributed by atoms with Crippen LogP contribution in [-0.4, -0.2) is 23.6 Å². The van der Waals surface area contributed by atoms with E-state index in [-0.39, 0.29) is 0 Å². The lowest BCUT2D eigenvalue weighted by Gasteiger charge is -2.05. The molecule has 16 heavy (non-hydrogen) atoms. The zero-order valence-electron chi connectivity index (χ0n) is 9.01. The predicted octanol–water partition coefficient (Wildman–Crippen LogP) is 2.20. The van der Waals surface area contributed by atoms with Gasteiger partial charge in [0.05, 0.1) is 6.61 Å². The van der Waals surface area contributed by atoms with Crippen LogP contribution in [0.3, 0.4) is 0 Å². The average Bonchev–Trinajstić information content (AvgIpc) is 2.82. The van der Waals surface area contributed by atoms with Gasteiger partial charge in [-0.25, -0.2) is 4.98 Å². The molecule has 2 rings (SSSR count). The van der Waals surface area contributed by atoms with Gasteiger partial charge in [-0.1, -0.05) is 6.07 Å². The largest absolute Gasteiger partial charge is 0.477 e. The van der Waals surface area contributed by atoms with Crippen LogP contribution in [0.4, 0.5) is 5.95 Å². The van der Waals surface area contributed by atoms with Crippen LogP contribution < -0.4 is 10.1 Å². The number of anilines is 1. The fourth-order valence-electron chi connectivity index (χ4n) is 1.25. The molecule has 0 spiro atoms. The third kappa shape index (κ3) is 2.93. The van der Waals surface area contributed by atoms with Crippen LogP contribution in [0.2, 0.25) is 0 Å². The fourth-order valence-corrected chi connectivity index (χ4v) is 1.94. The molecule has 0 radical (unpaired) electrons. The van der Waals surface area contributed by atoms with Crippen LogP contribution in [0, 0.1) is 0 Å². The van der Waals surface area contributed by atoms with E-state index in [4.69, 9.17) is 4.74 Å². The normalized spacial score (nSPS) is 10.1. The number of hydrogen-bond donors (Lipinski definition) is 1. The molecule has 1 N–H and O–H groups in total. The lowest BCUT2D eigenvalue weighted by molar-refractivity contribution is 0.310. The van der Waals surface area contributed by atoms with Crippen LogP contribution in [-0.2, 0) is 6.42 Å². The Balaban J connectivity index is 1.85. The summed E-state index contributed by atoms with van der Waals surface area (Å²) >= 11 is 1.74. The molecular formula is C11H13N3OS. The Kier molecular flexibility index (Phi) is 3.71. The van der Waals surface area contributed by atoms with Crippen molar-refractivity contribution >= 4 is 17.3 Å². The number of hydrogen-bond acceptors (Lipinski definition) is 5. The summed E-state index contributed by atoms with van der Waals surface area (Å²) < 4.78 is 5.54. The summed E-state index contributed by atoms with van der Waals surface area (Å²) in [5.74, 6) is 1.18. The Morgan fingerprint density at radius 1 is 1.44 bits per heavy atom. The monoisotopic (exact) mass is 235 g/mol. The van der Waals surface area contributed by atoms with Crippen molar-refractivity contribution in [2.45, 2.75) is 6.42 Å². The fraction of sp³-hybridized carbons (Fsp3) is 0.273. The third-order valence-corrected chi connectivity index (χ3v) is 2.97. The van der Waals surface area contributed by atoms with Crippen LogP contribution in [0.5, 0.6) is 5.88 Å². The van der Waals surface area contributed by atoms with Crippen molar-refractivity contribution in [3.05, 3.63) is 34.7 Å². The van der Waals surface area contributed by atoms with Gasteiger partial charge in [0.2, 0.25) is 11.8 Å². The van der Waals surface area contributed by atoms with E-state index in [1.165, 1.54) is 4.88 Å². The zero-order valence-corrected chi connectivity index (χ0v) is 9.83. The van der Waals surface area contributed by atoms with Gasteiger partial charge in [0, 0.05) is 30.6 Å². The minimum absolute atomic E-state index is 0.577. The second-order valence-electron chi connectivity index (χ2n) is 3.15. The van der Waals surface area contributed by atoms with Crippen molar-refractivity contribution in [3.63, 3.8) is 0 Å². The molecule has 0 aliphatic carbocycles. The number of ether oxygens (including phenoxy) is 1. The first kappa shape index (κ1) is 10.9. The first-order chi connectivity index (χ1) is 7.88. The van der Waals surface area contributed by atoms with Crippen LogP contribution in [0.25, 0.3) is 0 Å². The van der Waals surface area contributed by atoms with Crippen molar-refractivity contribution in [1.29, 1.82) is 0 Å². The van der Waals surface area contributed by atoms with Crippen LogP contribution in [0.15, 0.2) is 29.8 Å². The number of nitrogens with one attached hydrogen (secondary N) is 1. The highest BCUT2D eigenvalue weighted by molar-refractivity contribution is 7.09. The van der Waals surface area contributed by atoms with E-state index in [0.717, 1.165) is 6.42 Å². The Bertz CT molecular complexity index is 431. The molecule has 0 aromatic carbocycles. The first-order valence-electron chi connectivity index (χ1n) is 5.04. The maximum absolute atomic E-state index is 5.54. The molecule has 4 nitrogen and oxygen atoms in total. The topological polar surface area (TPSA) is 47.0 Å². The van der Waals surface area contributed by atoms with E-state index < -0.39 is 0 Å². The molecule has 2 heterocycles. The third-order valence-electron chi connectivity index (χ3n) is 2.03. The molecule has 0 fully saturated rings. The molecular weight excluding hydrogens is 222 g/mol. The maximum Gasteiger partial charge on any atom is 0.225 e. The van der Waals surface area contributed by atoms with Gasteiger partial charge in [-0.05, 0) is 11.4 Å². The van der Waals surface area contributed by atoms with Gasteiger partial charge in [-0.15, -0.1) is 11.3 Å². The van der Waals surface area contributed by atoms with Crippen molar-refractivity contribution in [3.8, 4) is 5.88 Å². The predicted molar refractivity (Wildman–Crippen MR) is 65.1 cm³/mol. The van der Waals surface area contributed by atoms with E-state index in [1.54, 1.807) is 30.6 Å². The highest BCUT2D eigenvalue weighted by Crippen LogP contribution is 2.11. The van der Waals surface area contributed by atoms with Gasteiger partial charge in [0.1, 0.15) is 0 Å². The molecule has 0 unspecified atom stereocenters. The second kappa shape index (κ2) is 5.46. The molecule has 0 aliphatic heterocycles. The summed E-state index contributed by atoms with van der Waals surface area (Å²) in [6.07, 6.45) is 2.59. The van der Waals surface area contributed by atoms with E-state index in [9.17, 15) is 0 Å². The molecule has 2 aromatic heterocycles. The number of nitrogens with zero attached hydrogens (tertiary/aromatic N) is 2. The maximum atomic E-state index is 5.54. The van der Waals surface area contributed by atoms with E-state index in [1.807, 2.05) is 6.07 Å². The van der Waals surface area contributed by atoms with Gasteiger partial charge in [-0.2, -0.15) is 4.98 Å². The minimum Gasteiger partial charge on any atom is -0.477 e. The van der Waals surface area contributed by atoms with Gasteiger partial charge in [0.15, 0.2) is 0 Å². The highest BCUT2D eigenvalue weighted by Gasteiger charge is 1.99. The molecule has 5 heteroatoms. The summed E-state index contributed by atoms with van der Waals surface area (Å²) in [7, 11) is 1.78. The van der Waals surface area contributed by atoms with Gasteiger partial charge >= 0.3 is 0 Å². The van der Waals surface area contributed by atoms with E-state index in [2.05, 4.69) is 26.7 Å². The van der Waals surface area contributed by atoms with Gasteiger partial charge in [-0.3, -0.25) is 0 Å². The molecule has 0 saturated heterocycles. The Labute approximate surface area is 98.3 Å². The second-order valence-corrected chi connectivity index (χ2v) is 4.18. The minimum atomic E-state index is 0.577. The number of aromatic nitrogens is 2. The summed E-state index contributed by atoms with van der Waals surface area (Å²) in [5.41, 5.74) is 0. The smallest absolute Gasteiger partial charge is 0.225 e. The molecule has 0 bridgehead atoms. The number of thiophene rings is 1. The van der Waals surface area contributed by atoms with Gasteiger partial charge in [0.25, 0.3) is 0 Å². The number of rotatable bonds is 5. The lowest BCUT2D eigenvalue weighted by atomic mass is 10.4. The van der Waals surface area contributed by atoms with Gasteiger partial charge < -0.3 is 10.1 Å². The highest BCUT2D eigenvalue weighted by atomic mass is 32.1. The molecule has 0 amide bonds.